The molecular weight excluding hydrogens is 1360 g/mol. The largest absolute Gasteiger partial charge is 0.494 e. The van der Waals surface area contributed by atoms with Gasteiger partial charge in [-0.25, -0.2) is 9.97 Å². The zero-order valence-electron chi connectivity index (χ0n) is 67.7. The molecule has 9 aromatic rings. The molecule has 4 aromatic carbocycles. The highest BCUT2D eigenvalue weighted by Gasteiger charge is 2.24. The number of unbranched alkanes of at least 4 members (excludes halogenated alkanes) is 28. The molecule has 11 rings (SSSR count). The molecule has 2 aliphatic heterocycles. The van der Waals surface area contributed by atoms with Crippen molar-refractivity contribution >= 4 is 46.4 Å². The number of nitrogens with one attached hydrogen (secondary N) is 4. The van der Waals surface area contributed by atoms with Gasteiger partial charge in [0, 0.05) is 68.8 Å². The fourth-order valence-electron chi connectivity index (χ4n) is 16.1. The number of ether oxygens (including phenoxy) is 4. The van der Waals surface area contributed by atoms with Crippen molar-refractivity contribution in [2.75, 3.05) is 26.4 Å². The predicted octanol–water partition coefficient (Wildman–Crippen LogP) is 27.3. The quantitative estimate of drug-likeness (QED) is 0.0274. The molecule has 0 spiro atoms. The summed E-state index contributed by atoms with van der Waals surface area (Å²) in [6, 6.07) is 37.6. The van der Waals surface area contributed by atoms with E-state index in [0.29, 0.717) is 26.4 Å². The maximum atomic E-state index is 13.2. The molecule has 12 nitrogen and oxygen atoms in total. The number of pyridine rings is 2. The SMILES string of the molecule is CCCCCCCCCCOc1cc(-c2cc[nH]c(=O)c2)cc(-c2c3nc(c(-c4c(C)cc(OCCCCCCCCCC)cc4C)c4ccc([nH]4)c(-c4cc(OCCCCCCCCCC)cc(-c5cc[nH]c(=O)c5)c4)c4nc(c(-c5c(C)cc(OCCCCCCCCCC)cc5C)c5ccc2[nH]5)C=C4)C=C3)c1. The Balaban J connectivity index is 1.13. The van der Waals surface area contributed by atoms with E-state index in [9.17, 15) is 9.59 Å². The van der Waals surface area contributed by atoms with Crippen molar-refractivity contribution < 1.29 is 18.9 Å². The van der Waals surface area contributed by atoms with Gasteiger partial charge in [-0.2, -0.15) is 0 Å². The van der Waals surface area contributed by atoms with Gasteiger partial charge in [0.2, 0.25) is 11.1 Å². The molecule has 0 saturated heterocycles. The Morgan fingerprint density at radius 1 is 0.264 bits per heavy atom. The third kappa shape index (κ3) is 22.9. The molecule has 0 radical (unpaired) electrons. The van der Waals surface area contributed by atoms with Crippen LogP contribution >= 0.6 is 0 Å². The van der Waals surface area contributed by atoms with Crippen LogP contribution in [0.5, 0.6) is 23.0 Å². The highest BCUT2D eigenvalue weighted by Crippen LogP contribution is 2.45. The molecule has 0 amide bonds. The summed E-state index contributed by atoms with van der Waals surface area (Å²) in [5.41, 5.74) is 21.2. The number of fused-ring (bicyclic) bond motifs is 8. The van der Waals surface area contributed by atoms with Gasteiger partial charge in [0.05, 0.1) is 49.2 Å². The molecule has 0 unspecified atom stereocenters. The van der Waals surface area contributed by atoms with Crippen LogP contribution in [0, 0.1) is 27.7 Å². The number of benzene rings is 4. The van der Waals surface area contributed by atoms with Crippen molar-refractivity contribution in [3.8, 4) is 89.8 Å². The zero-order chi connectivity index (χ0) is 76.8. The van der Waals surface area contributed by atoms with Crippen LogP contribution in [0.1, 0.15) is 278 Å². The molecule has 12 heteroatoms. The Morgan fingerprint density at radius 2 is 0.518 bits per heavy atom. The first-order valence-electron chi connectivity index (χ1n) is 42.5. The van der Waals surface area contributed by atoms with Crippen LogP contribution in [0.25, 0.3) is 113 Å². The average Bonchev–Trinajstić information content (AvgIpc) is 1.54. The van der Waals surface area contributed by atoms with Crippen molar-refractivity contribution in [1.29, 1.82) is 0 Å². The van der Waals surface area contributed by atoms with Crippen molar-refractivity contribution in [2.45, 2.75) is 261 Å². The molecular formula is C98H124N6O6. The number of rotatable bonds is 46. The minimum Gasteiger partial charge on any atom is -0.494 e. The summed E-state index contributed by atoms with van der Waals surface area (Å²) in [7, 11) is 0. The average molecular weight is 1480 g/mol. The van der Waals surface area contributed by atoms with Crippen LogP contribution in [-0.4, -0.2) is 56.3 Å². The zero-order valence-corrected chi connectivity index (χ0v) is 67.7. The number of aromatic amines is 4. The lowest BCUT2D eigenvalue weighted by atomic mass is 9.94. The minimum absolute atomic E-state index is 0.181. The lowest BCUT2D eigenvalue weighted by molar-refractivity contribution is 0.304. The van der Waals surface area contributed by atoms with Gasteiger partial charge < -0.3 is 38.9 Å². The lowest BCUT2D eigenvalue weighted by Gasteiger charge is -2.16. The van der Waals surface area contributed by atoms with Crippen LogP contribution in [0.4, 0.5) is 0 Å². The minimum atomic E-state index is -0.181. The first-order chi connectivity index (χ1) is 53.9. The van der Waals surface area contributed by atoms with E-state index in [0.717, 1.165) is 208 Å². The molecule has 582 valence electrons. The second kappa shape index (κ2) is 42.7. The van der Waals surface area contributed by atoms with Crippen LogP contribution in [0.15, 0.2) is 131 Å². The van der Waals surface area contributed by atoms with Crippen molar-refractivity contribution in [3.63, 3.8) is 0 Å². The standard InChI is InChI=1S/C98H124N6O6/c1-9-13-17-21-25-29-33-37-53-107-79-57-69(5)93(70(6)58-79)97-87-45-41-83(101-87)95(77-61-75(73-49-51-99-91(105)67-73)63-81(65-77)109-55-39-35-31-27-23-19-15-11-3)85-43-47-89(103-85)98(94-71(7)59-80(60-72(94)8)108-54-38-34-30-26-22-18-14-10-2)90-48-44-86(104-90)96(84-42-46-88(97)102-84)78-62-76(74-50-52-100-92(106)68-74)64-82(66-78)110-56-40-36-32-28-24-20-16-12-4/h41-52,57-68,101,104H,9-40,53-56H2,1-8H3,(H,99,105)(H,100,106). The maximum absolute atomic E-state index is 13.2. The highest BCUT2D eigenvalue weighted by molar-refractivity contribution is 6.02. The van der Waals surface area contributed by atoms with Crippen molar-refractivity contribution in [2.24, 2.45) is 0 Å². The highest BCUT2D eigenvalue weighted by atomic mass is 16.5. The van der Waals surface area contributed by atoms with Gasteiger partial charge in [-0.05, 0) is 242 Å². The van der Waals surface area contributed by atoms with Crippen LogP contribution in [0.2, 0.25) is 0 Å². The van der Waals surface area contributed by atoms with E-state index < -0.39 is 0 Å². The second-order valence-corrected chi connectivity index (χ2v) is 31.0. The van der Waals surface area contributed by atoms with Crippen molar-refractivity contribution in [3.05, 3.63) is 187 Å². The van der Waals surface area contributed by atoms with Crippen LogP contribution in [-0.2, 0) is 0 Å². The summed E-state index contributed by atoms with van der Waals surface area (Å²) in [5.74, 6) is 3.15. The number of hydrogen-bond acceptors (Lipinski definition) is 8. The van der Waals surface area contributed by atoms with E-state index in [-0.39, 0.29) is 11.1 Å². The molecule has 0 fully saturated rings. The molecule has 0 atom stereocenters. The monoisotopic (exact) mass is 1480 g/mol. The maximum Gasteiger partial charge on any atom is 0.248 e. The molecule has 5 aromatic heterocycles. The molecule has 7 heterocycles. The Bertz CT molecular complexity index is 4480. The first-order valence-corrected chi connectivity index (χ1v) is 42.5. The second-order valence-electron chi connectivity index (χ2n) is 31.0. The number of nitrogens with zero attached hydrogens (tertiary/aromatic N) is 2. The van der Waals surface area contributed by atoms with E-state index in [1.54, 1.807) is 24.5 Å². The van der Waals surface area contributed by atoms with Crippen LogP contribution in [0.3, 0.4) is 0 Å². The third-order valence-corrected chi connectivity index (χ3v) is 21.9. The molecule has 8 bridgehead atoms. The van der Waals surface area contributed by atoms with E-state index in [1.807, 2.05) is 12.1 Å². The van der Waals surface area contributed by atoms with E-state index >= 15 is 0 Å². The summed E-state index contributed by atoms with van der Waals surface area (Å²) in [6.07, 6.45) is 50.9. The van der Waals surface area contributed by atoms with Crippen LogP contribution < -0.4 is 30.1 Å². The van der Waals surface area contributed by atoms with Gasteiger partial charge in [-0.15, -0.1) is 0 Å². The lowest BCUT2D eigenvalue weighted by Crippen LogP contribution is -2.02. The molecule has 2 aliphatic rings. The summed E-state index contributed by atoms with van der Waals surface area (Å²) in [5, 5.41) is 0. The van der Waals surface area contributed by atoms with Gasteiger partial charge in [0.25, 0.3) is 0 Å². The Kier molecular flexibility index (Phi) is 31.6. The fourth-order valence-corrected chi connectivity index (χ4v) is 16.1. The van der Waals surface area contributed by atoms with E-state index in [1.165, 1.54) is 154 Å². The van der Waals surface area contributed by atoms with Gasteiger partial charge >= 0.3 is 0 Å². The number of aryl methyl sites for hydroxylation is 4. The smallest absolute Gasteiger partial charge is 0.248 e. The number of aromatic nitrogens is 6. The first kappa shape index (κ1) is 81.6. The fraction of sp³-hybridized carbons (Fsp3) is 0.449. The summed E-state index contributed by atoms with van der Waals surface area (Å²) in [4.78, 5) is 52.0. The normalized spacial score (nSPS) is 11.9. The van der Waals surface area contributed by atoms with Gasteiger partial charge in [-0.1, -0.05) is 207 Å². The summed E-state index contributed by atoms with van der Waals surface area (Å²) < 4.78 is 26.9. The Labute approximate surface area is 655 Å². The Morgan fingerprint density at radius 3 is 0.809 bits per heavy atom. The number of H-pyrrole nitrogens is 4. The molecule has 0 aliphatic carbocycles. The topological polar surface area (TPSA) is 160 Å². The number of hydrogen-bond donors (Lipinski definition) is 4. The molecule has 4 N–H and O–H groups in total. The van der Waals surface area contributed by atoms with Gasteiger partial charge in [0.15, 0.2) is 0 Å². The van der Waals surface area contributed by atoms with E-state index in [2.05, 4.69) is 185 Å². The van der Waals surface area contributed by atoms with Crippen molar-refractivity contribution in [1.82, 2.24) is 29.9 Å². The van der Waals surface area contributed by atoms with Gasteiger partial charge in [0.1, 0.15) is 23.0 Å². The molecule has 110 heavy (non-hydrogen) atoms. The van der Waals surface area contributed by atoms with Gasteiger partial charge in [-0.3, -0.25) is 9.59 Å². The molecule has 0 saturated carbocycles. The third-order valence-electron chi connectivity index (χ3n) is 21.9. The Hall–Kier alpha value is -9.42. The predicted molar refractivity (Wildman–Crippen MR) is 464 cm³/mol. The summed E-state index contributed by atoms with van der Waals surface area (Å²) >= 11 is 0. The van der Waals surface area contributed by atoms with E-state index in [4.69, 9.17) is 28.9 Å². The summed E-state index contributed by atoms with van der Waals surface area (Å²) in [6.45, 7) is 20.3.